The van der Waals surface area contributed by atoms with Gasteiger partial charge in [0.2, 0.25) is 0 Å². The molecule has 0 aromatic heterocycles. The summed E-state index contributed by atoms with van der Waals surface area (Å²) in [4.78, 5) is 0. The van der Waals surface area contributed by atoms with Crippen LogP contribution in [0.4, 0.5) is 4.39 Å². The molecule has 0 amide bonds. The monoisotopic (exact) mass is 278 g/mol. The molecule has 2 N–H and O–H groups in total. The number of hydrogen-bond donors (Lipinski definition) is 2. The van der Waals surface area contributed by atoms with Crippen LogP contribution in [0, 0.1) is 12.7 Å². The Hall–Kier alpha value is -1.77. The second kappa shape index (κ2) is 7.13. The van der Waals surface area contributed by atoms with E-state index >= 15 is 0 Å². The van der Waals surface area contributed by atoms with Crippen LogP contribution in [0.1, 0.15) is 50.2 Å². The Bertz CT molecular complexity index is 518. The molecule has 2 nitrogen and oxygen atoms in total. The molecule has 110 valence electrons. The quantitative estimate of drug-likeness (QED) is 0.713. The molecule has 0 heterocycles. The van der Waals surface area contributed by atoms with Crippen LogP contribution in [0.3, 0.4) is 0 Å². The van der Waals surface area contributed by atoms with Crippen molar-refractivity contribution in [3.8, 4) is 11.5 Å². The zero-order chi connectivity index (χ0) is 15.3. The van der Waals surface area contributed by atoms with Gasteiger partial charge in [-0.3, -0.25) is 0 Å². The van der Waals surface area contributed by atoms with Crippen molar-refractivity contribution in [1.29, 1.82) is 0 Å². The third-order valence-electron chi connectivity index (χ3n) is 3.38. The molecule has 1 unspecified atom stereocenters. The molecule has 1 aromatic rings. The van der Waals surface area contributed by atoms with Gasteiger partial charge in [0.05, 0.1) is 0 Å². The predicted molar refractivity (Wildman–Crippen MR) is 80.7 cm³/mol. The Morgan fingerprint density at radius 3 is 2.50 bits per heavy atom. The minimum absolute atomic E-state index is 0.0163. The fraction of sp³-hybridized carbons (Fsp3) is 0.412. The van der Waals surface area contributed by atoms with Crippen molar-refractivity contribution in [1.82, 2.24) is 0 Å². The molecule has 0 radical (unpaired) electrons. The van der Waals surface area contributed by atoms with Crippen molar-refractivity contribution in [2.45, 2.75) is 46.0 Å². The van der Waals surface area contributed by atoms with Crippen LogP contribution in [0.25, 0.3) is 0 Å². The molecule has 1 aliphatic carbocycles. The summed E-state index contributed by atoms with van der Waals surface area (Å²) in [6.07, 6.45) is 6.63. The van der Waals surface area contributed by atoms with Crippen LogP contribution in [0.5, 0.6) is 11.5 Å². The van der Waals surface area contributed by atoms with Gasteiger partial charge in [-0.1, -0.05) is 17.7 Å². The molecule has 0 bridgehead atoms. The first-order valence-electron chi connectivity index (χ1n) is 6.87. The van der Waals surface area contributed by atoms with E-state index in [0.717, 1.165) is 19.3 Å². The Balaban J connectivity index is 0.000000612. The maximum atomic E-state index is 13.6. The number of aryl methyl sites for hydroxylation is 1. The number of benzene rings is 1. The fourth-order valence-corrected chi connectivity index (χ4v) is 2.48. The lowest BCUT2D eigenvalue weighted by Gasteiger charge is -2.22. The Morgan fingerprint density at radius 1 is 1.35 bits per heavy atom. The lowest BCUT2D eigenvalue weighted by molar-refractivity contribution is 0.399. The van der Waals surface area contributed by atoms with Crippen molar-refractivity contribution < 1.29 is 14.6 Å². The van der Waals surface area contributed by atoms with Crippen LogP contribution in [0.2, 0.25) is 0 Å². The van der Waals surface area contributed by atoms with Crippen LogP contribution < -0.4 is 0 Å². The molecule has 3 heteroatoms. The maximum absolute atomic E-state index is 13.6. The number of aromatic hydroxyl groups is 2. The highest BCUT2D eigenvalue weighted by Gasteiger charge is 2.23. The molecule has 1 aromatic carbocycles. The standard InChI is InChI=1S/C14H17FO2.C3H6/c1-8-4-3-5-10(6-8)12-11(16)7-9(2)13(15)14(12)17;1-3-2/h6-7,10,16-17H,3-5H2,1-2H3;3H,1H2,2H3. The first-order valence-corrected chi connectivity index (χ1v) is 6.87. The van der Waals surface area contributed by atoms with Crippen LogP contribution in [-0.4, -0.2) is 10.2 Å². The smallest absolute Gasteiger partial charge is 0.168 e. The molecule has 0 fully saturated rings. The lowest BCUT2D eigenvalue weighted by atomic mass is 9.84. The summed E-state index contributed by atoms with van der Waals surface area (Å²) >= 11 is 0. The minimum atomic E-state index is -0.630. The summed E-state index contributed by atoms with van der Waals surface area (Å²) in [7, 11) is 0. The molecule has 0 aliphatic heterocycles. The van der Waals surface area contributed by atoms with Crippen molar-refractivity contribution in [2.24, 2.45) is 0 Å². The summed E-state index contributed by atoms with van der Waals surface area (Å²) in [5.41, 5.74) is 1.81. The zero-order valence-corrected chi connectivity index (χ0v) is 12.4. The van der Waals surface area contributed by atoms with Gasteiger partial charge >= 0.3 is 0 Å². The summed E-state index contributed by atoms with van der Waals surface area (Å²) in [6, 6.07) is 1.38. The second-order valence-corrected chi connectivity index (χ2v) is 5.21. The van der Waals surface area contributed by atoms with Gasteiger partial charge in [-0.15, -0.1) is 6.58 Å². The average molecular weight is 278 g/mol. The van der Waals surface area contributed by atoms with Gasteiger partial charge in [-0.25, -0.2) is 4.39 Å². The van der Waals surface area contributed by atoms with Gasteiger partial charge in [0.1, 0.15) is 5.75 Å². The van der Waals surface area contributed by atoms with Crippen molar-refractivity contribution in [2.75, 3.05) is 0 Å². The fourth-order valence-electron chi connectivity index (χ4n) is 2.48. The van der Waals surface area contributed by atoms with E-state index in [1.165, 1.54) is 18.6 Å². The maximum Gasteiger partial charge on any atom is 0.168 e. The Morgan fingerprint density at radius 2 is 1.95 bits per heavy atom. The number of phenolic OH excluding ortho intramolecular Hbond substituents is 2. The summed E-state index contributed by atoms with van der Waals surface area (Å²) in [5.74, 6) is -1.14. The molecule has 1 atom stereocenters. The van der Waals surface area contributed by atoms with E-state index in [-0.39, 0.29) is 17.2 Å². The first kappa shape index (κ1) is 16.3. The van der Waals surface area contributed by atoms with Gasteiger partial charge in [-0.05, 0) is 51.7 Å². The van der Waals surface area contributed by atoms with Gasteiger partial charge in [-0.2, -0.15) is 0 Å². The Labute approximate surface area is 120 Å². The number of allylic oxidation sites excluding steroid dienone is 3. The van der Waals surface area contributed by atoms with Crippen LogP contribution in [0.15, 0.2) is 30.4 Å². The molecule has 0 saturated carbocycles. The zero-order valence-electron chi connectivity index (χ0n) is 12.4. The van der Waals surface area contributed by atoms with E-state index in [1.54, 1.807) is 6.08 Å². The molecular weight excluding hydrogens is 255 g/mol. The van der Waals surface area contributed by atoms with Gasteiger partial charge < -0.3 is 10.2 Å². The SMILES string of the molecule is C=CC.CC1=CC(c2c(O)cc(C)c(F)c2O)CCC1. The predicted octanol–water partition coefficient (Wildman–Crippen LogP) is 4.95. The number of phenols is 2. The summed E-state index contributed by atoms with van der Waals surface area (Å²) in [5, 5.41) is 19.7. The number of rotatable bonds is 1. The third kappa shape index (κ3) is 3.62. The highest BCUT2D eigenvalue weighted by molar-refractivity contribution is 5.51. The summed E-state index contributed by atoms with van der Waals surface area (Å²) in [6.45, 7) is 8.80. The highest BCUT2D eigenvalue weighted by atomic mass is 19.1. The molecule has 2 rings (SSSR count). The van der Waals surface area contributed by atoms with E-state index in [0.29, 0.717) is 5.56 Å². The van der Waals surface area contributed by atoms with E-state index in [2.05, 4.69) is 6.58 Å². The second-order valence-electron chi connectivity index (χ2n) is 5.21. The van der Waals surface area contributed by atoms with E-state index in [9.17, 15) is 14.6 Å². The van der Waals surface area contributed by atoms with E-state index < -0.39 is 11.6 Å². The number of hydrogen-bond acceptors (Lipinski definition) is 2. The van der Waals surface area contributed by atoms with E-state index in [4.69, 9.17) is 0 Å². The van der Waals surface area contributed by atoms with Gasteiger partial charge in [0.15, 0.2) is 11.6 Å². The topological polar surface area (TPSA) is 40.5 Å². The normalized spacial score (nSPS) is 17.8. The lowest BCUT2D eigenvalue weighted by Crippen LogP contribution is -2.04. The molecule has 0 spiro atoms. The van der Waals surface area contributed by atoms with Crippen molar-refractivity contribution >= 4 is 0 Å². The van der Waals surface area contributed by atoms with Crippen molar-refractivity contribution in [3.05, 3.63) is 47.3 Å². The Kier molecular flexibility index (Phi) is 5.81. The third-order valence-corrected chi connectivity index (χ3v) is 3.38. The first-order chi connectivity index (χ1) is 9.42. The molecule has 20 heavy (non-hydrogen) atoms. The van der Waals surface area contributed by atoms with Crippen LogP contribution in [-0.2, 0) is 0 Å². The molecule has 1 aliphatic rings. The average Bonchev–Trinajstić information content (AvgIpc) is 2.37. The van der Waals surface area contributed by atoms with E-state index in [1.807, 2.05) is 19.9 Å². The summed E-state index contributed by atoms with van der Waals surface area (Å²) < 4.78 is 13.6. The van der Waals surface area contributed by atoms with Gasteiger partial charge in [0, 0.05) is 11.5 Å². The van der Waals surface area contributed by atoms with Gasteiger partial charge in [0.25, 0.3) is 0 Å². The minimum Gasteiger partial charge on any atom is -0.507 e. The largest absolute Gasteiger partial charge is 0.507 e. The molecule has 0 saturated heterocycles. The van der Waals surface area contributed by atoms with Crippen LogP contribution >= 0.6 is 0 Å². The number of halogens is 1. The van der Waals surface area contributed by atoms with Crippen molar-refractivity contribution in [3.63, 3.8) is 0 Å². The molecular formula is C17H23FO2. The highest BCUT2D eigenvalue weighted by Crippen LogP contribution is 2.42.